The average Bonchev–Trinajstić information content (AvgIpc) is 3.22. The van der Waals surface area contributed by atoms with Crippen LogP contribution in [0.4, 0.5) is 10.2 Å². The molecule has 0 unspecified atom stereocenters. The Morgan fingerprint density at radius 1 is 1.13 bits per heavy atom. The van der Waals surface area contributed by atoms with E-state index >= 15 is 0 Å². The van der Waals surface area contributed by atoms with Crippen molar-refractivity contribution in [3.8, 4) is 17.7 Å². The molecule has 0 amide bonds. The highest BCUT2D eigenvalue weighted by Crippen LogP contribution is 2.25. The molecule has 31 heavy (non-hydrogen) atoms. The summed E-state index contributed by atoms with van der Waals surface area (Å²) in [7, 11) is -2.92. The molecule has 0 fully saturated rings. The first-order valence-electron chi connectivity index (χ1n) is 8.86. The number of aryl methyl sites for hydroxylation is 1. The van der Waals surface area contributed by atoms with Gasteiger partial charge in [-0.05, 0) is 30.7 Å². The summed E-state index contributed by atoms with van der Waals surface area (Å²) in [6.45, 7) is 1.68. The van der Waals surface area contributed by atoms with E-state index < -0.39 is 21.7 Å². The van der Waals surface area contributed by atoms with Crippen molar-refractivity contribution >= 4 is 26.9 Å². The third-order valence-electron chi connectivity index (χ3n) is 4.19. The van der Waals surface area contributed by atoms with Gasteiger partial charge in [0.1, 0.15) is 4.90 Å². The fraction of sp³-hybridized carbons (Fsp3) is 0.100. The monoisotopic (exact) mass is 438 g/mol. The number of pyridine rings is 3. The Hall–Kier alpha value is -4.04. The summed E-state index contributed by atoms with van der Waals surface area (Å²) in [5.41, 5.74) is 1.72. The molecule has 0 spiro atoms. The predicted octanol–water partition coefficient (Wildman–Crippen LogP) is 2.40. The number of hydrogen-bond acceptors (Lipinski definition) is 7. The molecule has 0 atom stereocenters. The number of halogens is 1. The highest BCUT2D eigenvalue weighted by atomic mass is 32.2. The summed E-state index contributed by atoms with van der Waals surface area (Å²) in [5, 5.41) is 7.37. The fourth-order valence-corrected chi connectivity index (χ4v) is 3.93. The van der Waals surface area contributed by atoms with E-state index in [2.05, 4.69) is 41.7 Å². The summed E-state index contributed by atoms with van der Waals surface area (Å²) in [6.07, 6.45) is 5.84. The Morgan fingerprint density at radius 2 is 1.97 bits per heavy atom. The van der Waals surface area contributed by atoms with E-state index in [0.29, 0.717) is 16.8 Å². The third kappa shape index (κ3) is 4.15. The molecule has 4 rings (SSSR count). The molecule has 156 valence electrons. The van der Waals surface area contributed by atoms with Crippen molar-refractivity contribution in [1.29, 1.82) is 0 Å². The Kier molecular flexibility index (Phi) is 5.22. The highest BCUT2D eigenvalue weighted by Gasteiger charge is 2.23. The van der Waals surface area contributed by atoms with Gasteiger partial charge in [0.25, 0.3) is 10.0 Å². The van der Waals surface area contributed by atoms with Gasteiger partial charge in [-0.2, -0.15) is 5.10 Å². The minimum absolute atomic E-state index is 0.0330. The lowest BCUT2D eigenvalue weighted by molar-refractivity contribution is 0.385. The zero-order valence-electron chi connectivity index (χ0n) is 16.3. The third-order valence-corrected chi connectivity index (χ3v) is 5.52. The number of methoxy groups -OCH3 is 1. The lowest BCUT2D eigenvalue weighted by atomic mass is 10.2. The number of nitrogens with one attached hydrogen (secondary N) is 2. The molecule has 0 bridgehead atoms. The van der Waals surface area contributed by atoms with Gasteiger partial charge in [0.15, 0.2) is 17.3 Å². The van der Waals surface area contributed by atoms with Crippen LogP contribution in [0.15, 0.2) is 47.9 Å². The summed E-state index contributed by atoms with van der Waals surface area (Å²) in [6, 6.07) is 4.46. The van der Waals surface area contributed by atoms with Gasteiger partial charge in [-0.1, -0.05) is 11.8 Å². The lowest BCUT2D eigenvalue weighted by Gasteiger charge is -2.11. The SMILES string of the molecule is COc1ncc(C)cc1S(=O)(=O)Nc1nccc(C#Cc2cnc3[nH]ncc3c2)c1F. The highest BCUT2D eigenvalue weighted by molar-refractivity contribution is 7.92. The van der Waals surface area contributed by atoms with Crippen LogP contribution in [-0.2, 0) is 10.0 Å². The molecule has 2 N–H and O–H groups in total. The van der Waals surface area contributed by atoms with Crippen LogP contribution in [-0.4, -0.2) is 40.7 Å². The van der Waals surface area contributed by atoms with Crippen LogP contribution in [0.1, 0.15) is 16.7 Å². The number of rotatable bonds is 4. The maximum Gasteiger partial charge on any atom is 0.268 e. The second-order valence-electron chi connectivity index (χ2n) is 6.43. The molecule has 4 aromatic rings. The quantitative estimate of drug-likeness (QED) is 0.469. The largest absolute Gasteiger partial charge is 0.480 e. The topological polar surface area (TPSA) is 123 Å². The van der Waals surface area contributed by atoms with E-state index in [0.717, 1.165) is 5.39 Å². The first kappa shape index (κ1) is 20.2. The lowest BCUT2D eigenvalue weighted by Crippen LogP contribution is -2.17. The second kappa shape index (κ2) is 8.00. The normalized spacial score (nSPS) is 11.1. The van der Waals surface area contributed by atoms with Crippen molar-refractivity contribution in [2.45, 2.75) is 11.8 Å². The Morgan fingerprint density at radius 3 is 2.77 bits per heavy atom. The van der Waals surface area contributed by atoms with Crippen LogP contribution in [0.3, 0.4) is 0 Å². The summed E-state index contributed by atoms with van der Waals surface area (Å²) >= 11 is 0. The molecule has 4 aromatic heterocycles. The zero-order chi connectivity index (χ0) is 22.0. The molecule has 0 radical (unpaired) electrons. The number of anilines is 1. The van der Waals surface area contributed by atoms with Gasteiger partial charge >= 0.3 is 0 Å². The van der Waals surface area contributed by atoms with Gasteiger partial charge in [0.05, 0.1) is 18.9 Å². The number of H-pyrrole nitrogens is 1. The number of ether oxygens (including phenoxy) is 1. The van der Waals surface area contributed by atoms with Crippen LogP contribution in [0.25, 0.3) is 11.0 Å². The van der Waals surface area contributed by atoms with Crippen molar-refractivity contribution in [3.05, 3.63) is 65.5 Å². The number of aromatic amines is 1. The maximum absolute atomic E-state index is 14.9. The minimum Gasteiger partial charge on any atom is -0.480 e. The van der Waals surface area contributed by atoms with E-state index in [1.807, 2.05) is 0 Å². The molecule has 0 aliphatic rings. The van der Waals surface area contributed by atoms with E-state index in [1.54, 1.807) is 19.2 Å². The van der Waals surface area contributed by atoms with Gasteiger partial charge in [-0.3, -0.25) is 9.82 Å². The van der Waals surface area contributed by atoms with E-state index in [1.165, 1.54) is 37.8 Å². The zero-order valence-corrected chi connectivity index (χ0v) is 17.2. The van der Waals surface area contributed by atoms with Crippen molar-refractivity contribution in [2.75, 3.05) is 11.8 Å². The summed E-state index contributed by atoms with van der Waals surface area (Å²) in [4.78, 5) is 11.7. The van der Waals surface area contributed by atoms with Crippen LogP contribution in [0, 0.1) is 24.6 Å². The van der Waals surface area contributed by atoms with Crippen LogP contribution < -0.4 is 9.46 Å². The second-order valence-corrected chi connectivity index (χ2v) is 8.08. The van der Waals surface area contributed by atoms with Crippen molar-refractivity contribution in [1.82, 2.24) is 25.1 Å². The van der Waals surface area contributed by atoms with Crippen molar-refractivity contribution < 1.29 is 17.5 Å². The van der Waals surface area contributed by atoms with Gasteiger partial charge < -0.3 is 4.74 Å². The van der Waals surface area contributed by atoms with E-state index in [4.69, 9.17) is 4.74 Å². The van der Waals surface area contributed by atoms with Crippen molar-refractivity contribution in [2.24, 2.45) is 0 Å². The molecule has 4 heterocycles. The number of fused-ring (bicyclic) bond motifs is 1. The van der Waals surface area contributed by atoms with Gasteiger partial charge in [-0.25, -0.2) is 27.8 Å². The summed E-state index contributed by atoms with van der Waals surface area (Å²) in [5.74, 6) is 3.97. The first-order chi connectivity index (χ1) is 14.9. The molecule has 0 aliphatic heterocycles. The van der Waals surface area contributed by atoms with Crippen LogP contribution in [0.5, 0.6) is 5.88 Å². The molecule has 11 heteroatoms. The molecule has 9 nitrogen and oxygen atoms in total. The molecule has 0 saturated carbocycles. The molecule has 0 aromatic carbocycles. The van der Waals surface area contributed by atoms with Crippen molar-refractivity contribution in [3.63, 3.8) is 0 Å². The van der Waals surface area contributed by atoms with Gasteiger partial charge in [0.2, 0.25) is 5.88 Å². The van der Waals surface area contributed by atoms with E-state index in [-0.39, 0.29) is 16.3 Å². The molecular formula is C20H15FN6O3S. The number of aromatic nitrogens is 5. The Bertz CT molecular complexity index is 1460. The van der Waals surface area contributed by atoms with E-state index in [9.17, 15) is 12.8 Å². The van der Waals surface area contributed by atoms with Gasteiger partial charge in [0, 0.05) is 29.5 Å². The fourth-order valence-electron chi connectivity index (χ4n) is 2.71. The van der Waals surface area contributed by atoms with Crippen LogP contribution in [0.2, 0.25) is 0 Å². The molecule has 0 aliphatic carbocycles. The summed E-state index contributed by atoms with van der Waals surface area (Å²) < 4.78 is 47.6. The van der Waals surface area contributed by atoms with Crippen LogP contribution >= 0.6 is 0 Å². The molecular weight excluding hydrogens is 423 g/mol. The predicted molar refractivity (Wildman–Crippen MR) is 110 cm³/mol. The Balaban J connectivity index is 1.66. The number of sulfonamides is 1. The number of hydrogen-bond donors (Lipinski definition) is 2. The maximum atomic E-state index is 14.9. The van der Waals surface area contributed by atoms with Gasteiger partial charge in [-0.15, -0.1) is 0 Å². The standard InChI is InChI=1S/C20H15FN6O3S/c1-12-7-16(20(30-2)24-9-12)31(28,29)27-19-17(21)14(5-6-22-19)4-3-13-8-15-11-25-26-18(15)23-10-13/h5-11H,1-2H3,(H,22,27)(H,23,25,26). The first-order valence-corrected chi connectivity index (χ1v) is 10.3. The minimum atomic E-state index is -4.21. The average molecular weight is 438 g/mol. The Labute approximate surface area is 176 Å². The smallest absolute Gasteiger partial charge is 0.268 e. The molecule has 0 saturated heterocycles. The number of nitrogens with zero attached hydrogens (tertiary/aromatic N) is 4.